The molecular formula is C28H26N6O7S. The summed E-state index contributed by atoms with van der Waals surface area (Å²) in [5.41, 5.74) is 8.27. The standard InChI is InChI=1S/C28H26N6O7S/c1-37-19-12-16(13-20(38-2)22(19)39-3)30-27-32-24(29)23(42-27)26-33-25(34-41-26)17-10-7-11-18(21(17)31-28(35)36)40-14-15-8-5-4-6-9-15/h4-13,31H,14,29H2,1-3H3,(H,30,32)(H,35,36). The van der Waals surface area contributed by atoms with Gasteiger partial charge in [0.1, 0.15) is 23.1 Å². The second-order valence-corrected chi connectivity index (χ2v) is 9.58. The highest BCUT2D eigenvalue weighted by molar-refractivity contribution is 7.19. The van der Waals surface area contributed by atoms with E-state index in [1.54, 1.807) is 30.3 Å². The first-order valence-corrected chi connectivity index (χ1v) is 13.2. The van der Waals surface area contributed by atoms with Crippen LogP contribution in [-0.4, -0.2) is 47.7 Å². The summed E-state index contributed by atoms with van der Waals surface area (Å²) in [6, 6.07) is 18.0. The predicted octanol–water partition coefficient (Wildman–Crippen LogP) is 5.88. The Morgan fingerprint density at radius 3 is 2.38 bits per heavy atom. The Bertz CT molecular complexity index is 1680. The lowest BCUT2D eigenvalue weighted by atomic mass is 10.1. The van der Waals surface area contributed by atoms with Crippen LogP contribution in [0, 0.1) is 0 Å². The zero-order valence-corrected chi connectivity index (χ0v) is 23.5. The quantitative estimate of drug-likeness (QED) is 0.144. The van der Waals surface area contributed by atoms with Crippen molar-refractivity contribution in [2.75, 3.05) is 37.7 Å². The van der Waals surface area contributed by atoms with Crippen LogP contribution in [0.25, 0.3) is 22.2 Å². The van der Waals surface area contributed by atoms with Crippen LogP contribution in [0.5, 0.6) is 23.0 Å². The fourth-order valence-electron chi connectivity index (χ4n) is 4.05. The molecule has 5 N–H and O–H groups in total. The number of thiazole rings is 1. The number of methoxy groups -OCH3 is 3. The van der Waals surface area contributed by atoms with Gasteiger partial charge in [-0.15, -0.1) is 0 Å². The molecular weight excluding hydrogens is 564 g/mol. The van der Waals surface area contributed by atoms with E-state index in [0.717, 1.165) is 5.56 Å². The number of carboxylic acid groups (broad SMARTS) is 1. The third-order valence-electron chi connectivity index (χ3n) is 5.93. The number of ether oxygens (including phenoxy) is 4. The van der Waals surface area contributed by atoms with Gasteiger partial charge in [0.15, 0.2) is 16.6 Å². The van der Waals surface area contributed by atoms with Crippen LogP contribution in [-0.2, 0) is 6.61 Å². The first-order valence-electron chi connectivity index (χ1n) is 12.4. The third kappa shape index (κ3) is 5.97. The van der Waals surface area contributed by atoms with Gasteiger partial charge in [0.05, 0.1) is 32.6 Å². The minimum atomic E-state index is -1.27. The number of carbonyl (C=O) groups is 1. The molecule has 14 heteroatoms. The maximum Gasteiger partial charge on any atom is 0.409 e. The van der Waals surface area contributed by atoms with Crippen LogP contribution in [0.2, 0.25) is 0 Å². The number of rotatable bonds is 11. The molecule has 0 spiro atoms. The summed E-state index contributed by atoms with van der Waals surface area (Å²) in [6.45, 7) is 0.231. The van der Waals surface area contributed by atoms with Crippen molar-refractivity contribution in [3.05, 3.63) is 66.2 Å². The molecule has 13 nitrogen and oxygen atoms in total. The number of hydrogen-bond acceptors (Lipinski definition) is 12. The number of nitrogen functional groups attached to an aromatic ring is 1. The topological polar surface area (TPSA) is 176 Å². The lowest BCUT2D eigenvalue weighted by Crippen LogP contribution is -2.10. The number of nitrogens with two attached hydrogens (primary N) is 1. The van der Waals surface area contributed by atoms with Crippen LogP contribution in [0.1, 0.15) is 5.56 Å². The summed E-state index contributed by atoms with van der Waals surface area (Å²) in [5.74, 6) is 2.08. The second kappa shape index (κ2) is 12.3. The summed E-state index contributed by atoms with van der Waals surface area (Å²) >= 11 is 1.19. The van der Waals surface area contributed by atoms with Gasteiger partial charge < -0.3 is 39.6 Å². The molecule has 216 valence electrons. The van der Waals surface area contributed by atoms with E-state index in [2.05, 4.69) is 25.8 Å². The van der Waals surface area contributed by atoms with Gasteiger partial charge in [0, 0.05) is 17.8 Å². The largest absolute Gasteiger partial charge is 0.493 e. The van der Waals surface area contributed by atoms with E-state index in [0.29, 0.717) is 44.3 Å². The van der Waals surface area contributed by atoms with Crippen molar-refractivity contribution in [1.29, 1.82) is 0 Å². The number of amides is 1. The molecule has 0 bridgehead atoms. The van der Waals surface area contributed by atoms with Crippen LogP contribution in [0.15, 0.2) is 65.2 Å². The minimum Gasteiger partial charge on any atom is -0.493 e. The van der Waals surface area contributed by atoms with Crippen LogP contribution in [0.3, 0.4) is 0 Å². The Balaban J connectivity index is 1.42. The Hall–Kier alpha value is -5.50. The molecule has 1 amide bonds. The van der Waals surface area contributed by atoms with Gasteiger partial charge in [0.2, 0.25) is 11.6 Å². The lowest BCUT2D eigenvalue weighted by Gasteiger charge is -2.14. The van der Waals surface area contributed by atoms with Gasteiger partial charge in [-0.25, -0.2) is 9.78 Å². The lowest BCUT2D eigenvalue weighted by molar-refractivity contribution is 0.209. The zero-order chi connectivity index (χ0) is 29.6. The maximum atomic E-state index is 11.6. The molecule has 42 heavy (non-hydrogen) atoms. The van der Waals surface area contributed by atoms with E-state index < -0.39 is 6.09 Å². The average Bonchev–Trinajstić information content (AvgIpc) is 3.62. The Morgan fingerprint density at radius 1 is 0.976 bits per heavy atom. The third-order valence-corrected chi connectivity index (χ3v) is 6.90. The van der Waals surface area contributed by atoms with E-state index in [4.69, 9.17) is 29.2 Å². The van der Waals surface area contributed by atoms with Crippen molar-refractivity contribution in [3.63, 3.8) is 0 Å². The molecule has 0 radical (unpaired) electrons. The molecule has 5 rings (SSSR count). The summed E-state index contributed by atoms with van der Waals surface area (Å²) in [6.07, 6.45) is -1.27. The first-order chi connectivity index (χ1) is 20.4. The highest BCUT2D eigenvalue weighted by Crippen LogP contribution is 2.43. The summed E-state index contributed by atoms with van der Waals surface area (Å²) in [4.78, 5) is 20.9. The second-order valence-electron chi connectivity index (χ2n) is 8.58. The normalized spacial score (nSPS) is 10.6. The zero-order valence-electron chi connectivity index (χ0n) is 22.7. The van der Waals surface area contributed by atoms with Gasteiger partial charge in [0.25, 0.3) is 5.89 Å². The smallest absolute Gasteiger partial charge is 0.409 e. The molecule has 0 unspecified atom stereocenters. The molecule has 0 fully saturated rings. The summed E-state index contributed by atoms with van der Waals surface area (Å²) < 4.78 is 27.6. The van der Waals surface area contributed by atoms with Crippen molar-refractivity contribution in [2.24, 2.45) is 0 Å². The van der Waals surface area contributed by atoms with Crippen molar-refractivity contribution in [2.45, 2.75) is 6.61 Å². The van der Waals surface area contributed by atoms with E-state index in [9.17, 15) is 9.90 Å². The van der Waals surface area contributed by atoms with E-state index >= 15 is 0 Å². The van der Waals surface area contributed by atoms with Crippen molar-refractivity contribution < 1.29 is 33.4 Å². The van der Waals surface area contributed by atoms with E-state index in [1.807, 2.05) is 30.3 Å². The fourth-order valence-corrected chi connectivity index (χ4v) is 4.88. The van der Waals surface area contributed by atoms with Gasteiger partial charge >= 0.3 is 6.09 Å². The summed E-state index contributed by atoms with van der Waals surface area (Å²) in [7, 11) is 4.57. The number of hydrogen-bond donors (Lipinski definition) is 4. The van der Waals surface area contributed by atoms with Gasteiger partial charge in [-0.2, -0.15) is 4.98 Å². The van der Waals surface area contributed by atoms with Gasteiger partial charge in [-0.1, -0.05) is 52.9 Å². The minimum absolute atomic E-state index is 0.106. The predicted molar refractivity (Wildman–Crippen MR) is 157 cm³/mol. The van der Waals surface area contributed by atoms with E-state index in [1.165, 1.54) is 32.7 Å². The van der Waals surface area contributed by atoms with Crippen LogP contribution in [0.4, 0.5) is 27.1 Å². The van der Waals surface area contributed by atoms with E-state index in [-0.39, 0.29) is 29.8 Å². The number of anilines is 4. The van der Waals surface area contributed by atoms with Gasteiger partial charge in [-0.3, -0.25) is 5.32 Å². The fraction of sp³-hybridized carbons (Fsp3) is 0.143. The maximum absolute atomic E-state index is 11.6. The highest BCUT2D eigenvalue weighted by Gasteiger charge is 2.22. The first kappa shape index (κ1) is 28.0. The van der Waals surface area contributed by atoms with Crippen molar-refractivity contribution >= 4 is 39.8 Å². The SMILES string of the molecule is COc1cc(Nc2nc(N)c(-c3nc(-c4cccc(OCc5ccccc5)c4NC(=O)O)no3)s2)cc(OC)c1OC. The highest BCUT2D eigenvalue weighted by atomic mass is 32.1. The molecule has 2 aromatic heterocycles. The number of aromatic nitrogens is 3. The molecule has 0 aliphatic carbocycles. The molecule has 0 aliphatic rings. The molecule has 0 saturated carbocycles. The monoisotopic (exact) mass is 590 g/mol. The number of benzene rings is 3. The number of para-hydroxylation sites is 1. The summed E-state index contributed by atoms with van der Waals surface area (Å²) in [5, 5.41) is 19.6. The number of nitrogens with one attached hydrogen (secondary N) is 2. The Kier molecular flexibility index (Phi) is 8.24. The molecule has 2 heterocycles. The van der Waals surface area contributed by atoms with Gasteiger partial charge in [-0.05, 0) is 17.7 Å². The van der Waals surface area contributed by atoms with Crippen LogP contribution >= 0.6 is 11.3 Å². The van der Waals surface area contributed by atoms with Crippen molar-refractivity contribution in [3.8, 4) is 45.2 Å². The Labute approximate surface area is 243 Å². The molecule has 5 aromatic rings. The molecule has 0 aliphatic heterocycles. The average molecular weight is 591 g/mol. The van der Waals surface area contributed by atoms with Crippen LogP contribution < -0.4 is 35.3 Å². The molecule has 0 saturated heterocycles. The number of nitrogens with zero attached hydrogens (tertiary/aromatic N) is 3. The molecule has 3 aromatic carbocycles. The molecule has 0 atom stereocenters. The Morgan fingerprint density at radius 2 is 1.71 bits per heavy atom. The van der Waals surface area contributed by atoms with Crippen molar-refractivity contribution in [1.82, 2.24) is 15.1 Å².